The molecule has 0 aliphatic rings. The molecule has 0 atom stereocenters. The molecule has 3 nitrogen and oxygen atoms in total. The number of hydrogen-bond acceptors (Lipinski definition) is 4. The molecule has 3 aromatic rings. The van der Waals surface area contributed by atoms with Gasteiger partial charge in [0.2, 0.25) is 5.78 Å². The van der Waals surface area contributed by atoms with E-state index in [0.717, 1.165) is 5.56 Å². The fraction of sp³-hybridized carbons (Fsp3) is 0.0526. The Morgan fingerprint density at radius 3 is 2.29 bits per heavy atom. The van der Waals surface area contributed by atoms with Gasteiger partial charge in [0.1, 0.15) is 6.61 Å². The second kappa shape index (κ2) is 7.43. The average molecular weight is 357 g/mol. The Bertz CT molecular complexity index is 855. The van der Waals surface area contributed by atoms with Crippen LogP contribution in [0, 0.1) is 0 Å². The number of ether oxygens (including phenoxy) is 1. The van der Waals surface area contributed by atoms with E-state index in [9.17, 15) is 9.59 Å². The van der Waals surface area contributed by atoms with Crippen molar-refractivity contribution in [3.63, 3.8) is 0 Å². The molecule has 24 heavy (non-hydrogen) atoms. The summed E-state index contributed by atoms with van der Waals surface area (Å²) < 4.78 is 5.33. The summed E-state index contributed by atoms with van der Waals surface area (Å²) in [5.41, 5.74) is 1.45. The number of benzene rings is 2. The minimum Gasteiger partial charge on any atom is -0.457 e. The molecule has 0 saturated heterocycles. The van der Waals surface area contributed by atoms with E-state index in [0.29, 0.717) is 15.5 Å². The Morgan fingerprint density at radius 2 is 1.62 bits per heavy atom. The van der Waals surface area contributed by atoms with Crippen molar-refractivity contribution in [3.8, 4) is 0 Å². The van der Waals surface area contributed by atoms with Crippen LogP contribution in [0.25, 0.3) is 0 Å². The SMILES string of the molecule is O=C(OCc1ccc(Cl)cc1)c1ccccc1C(=O)c1cccs1. The van der Waals surface area contributed by atoms with E-state index >= 15 is 0 Å². The molecule has 0 N–H and O–H groups in total. The lowest BCUT2D eigenvalue weighted by Gasteiger charge is -2.08. The summed E-state index contributed by atoms with van der Waals surface area (Å²) in [6, 6.07) is 17.3. The maximum Gasteiger partial charge on any atom is 0.339 e. The highest BCUT2D eigenvalue weighted by molar-refractivity contribution is 7.12. The van der Waals surface area contributed by atoms with Crippen molar-refractivity contribution in [1.29, 1.82) is 0 Å². The van der Waals surface area contributed by atoms with E-state index in [1.165, 1.54) is 11.3 Å². The minimum absolute atomic E-state index is 0.123. The van der Waals surface area contributed by atoms with Gasteiger partial charge in [-0.25, -0.2) is 4.79 Å². The van der Waals surface area contributed by atoms with E-state index in [2.05, 4.69) is 0 Å². The Balaban J connectivity index is 1.77. The first-order valence-electron chi connectivity index (χ1n) is 7.24. The van der Waals surface area contributed by atoms with E-state index in [4.69, 9.17) is 16.3 Å². The number of rotatable bonds is 5. The van der Waals surface area contributed by atoms with Crippen molar-refractivity contribution in [2.45, 2.75) is 6.61 Å². The number of ketones is 1. The molecule has 1 heterocycles. The van der Waals surface area contributed by atoms with E-state index in [1.807, 2.05) is 5.38 Å². The van der Waals surface area contributed by atoms with Gasteiger partial charge in [-0.1, -0.05) is 48.0 Å². The predicted molar refractivity (Wildman–Crippen MR) is 94.8 cm³/mol. The zero-order valence-electron chi connectivity index (χ0n) is 12.6. The smallest absolute Gasteiger partial charge is 0.339 e. The van der Waals surface area contributed by atoms with Crippen LogP contribution in [0.15, 0.2) is 66.0 Å². The van der Waals surface area contributed by atoms with Crippen LogP contribution < -0.4 is 0 Å². The van der Waals surface area contributed by atoms with Gasteiger partial charge >= 0.3 is 5.97 Å². The fourth-order valence-corrected chi connectivity index (χ4v) is 3.01. The highest BCUT2D eigenvalue weighted by Gasteiger charge is 2.19. The molecule has 0 fully saturated rings. The molecule has 0 amide bonds. The quantitative estimate of drug-likeness (QED) is 0.478. The summed E-state index contributed by atoms with van der Waals surface area (Å²) in [5, 5.41) is 2.45. The average Bonchev–Trinajstić information content (AvgIpc) is 3.15. The van der Waals surface area contributed by atoms with Crippen molar-refractivity contribution in [3.05, 3.63) is 92.6 Å². The van der Waals surface area contributed by atoms with E-state index in [-0.39, 0.29) is 18.0 Å². The summed E-state index contributed by atoms with van der Waals surface area (Å²) in [4.78, 5) is 25.5. The molecule has 0 radical (unpaired) electrons. The maximum atomic E-state index is 12.5. The summed E-state index contributed by atoms with van der Waals surface area (Å²) in [6.07, 6.45) is 0. The molecule has 0 aliphatic heterocycles. The van der Waals surface area contributed by atoms with Crippen LogP contribution in [0.4, 0.5) is 0 Å². The van der Waals surface area contributed by atoms with Gasteiger partial charge in [0.15, 0.2) is 0 Å². The van der Waals surface area contributed by atoms with Crippen LogP contribution in [0.5, 0.6) is 0 Å². The molecule has 0 spiro atoms. The van der Waals surface area contributed by atoms with Crippen molar-refractivity contribution in [2.24, 2.45) is 0 Å². The zero-order chi connectivity index (χ0) is 16.9. The summed E-state index contributed by atoms with van der Waals surface area (Å²) >= 11 is 7.17. The number of carbonyl (C=O) groups is 2. The Labute approximate surface area is 148 Å². The van der Waals surface area contributed by atoms with Crippen LogP contribution in [0.3, 0.4) is 0 Å². The van der Waals surface area contributed by atoms with Crippen LogP contribution >= 0.6 is 22.9 Å². The van der Waals surface area contributed by atoms with Gasteiger partial charge in [0.25, 0.3) is 0 Å². The predicted octanol–water partition coefficient (Wildman–Crippen LogP) is 4.99. The number of esters is 1. The van der Waals surface area contributed by atoms with Crippen LogP contribution in [-0.2, 0) is 11.3 Å². The van der Waals surface area contributed by atoms with Gasteiger partial charge < -0.3 is 4.74 Å². The third-order valence-corrected chi connectivity index (χ3v) is 4.54. The second-order valence-corrected chi connectivity index (χ2v) is 6.44. The Kier molecular flexibility index (Phi) is 5.08. The summed E-state index contributed by atoms with van der Waals surface area (Å²) in [7, 11) is 0. The molecule has 3 rings (SSSR count). The molecule has 2 aromatic carbocycles. The Hall–Kier alpha value is -2.43. The lowest BCUT2D eigenvalue weighted by molar-refractivity contribution is 0.0470. The number of thiophene rings is 1. The lowest BCUT2D eigenvalue weighted by Crippen LogP contribution is -2.12. The molecule has 0 aliphatic carbocycles. The number of carbonyl (C=O) groups excluding carboxylic acids is 2. The molecule has 0 bridgehead atoms. The van der Waals surface area contributed by atoms with Crippen molar-refractivity contribution >= 4 is 34.7 Å². The number of hydrogen-bond donors (Lipinski definition) is 0. The van der Waals surface area contributed by atoms with Gasteiger partial charge in [0.05, 0.1) is 10.4 Å². The first kappa shape index (κ1) is 16.4. The monoisotopic (exact) mass is 356 g/mol. The number of halogens is 1. The first-order chi connectivity index (χ1) is 11.6. The van der Waals surface area contributed by atoms with Crippen LogP contribution in [-0.4, -0.2) is 11.8 Å². The largest absolute Gasteiger partial charge is 0.457 e. The summed E-state index contributed by atoms with van der Waals surface area (Å²) in [6.45, 7) is 0.123. The van der Waals surface area contributed by atoms with Crippen LogP contribution in [0.1, 0.15) is 31.2 Å². The molecular formula is C19H13ClO3S. The highest BCUT2D eigenvalue weighted by Crippen LogP contribution is 2.19. The third kappa shape index (κ3) is 3.72. The molecule has 5 heteroatoms. The van der Waals surface area contributed by atoms with Crippen molar-refractivity contribution in [2.75, 3.05) is 0 Å². The molecule has 120 valence electrons. The highest BCUT2D eigenvalue weighted by atomic mass is 35.5. The first-order valence-corrected chi connectivity index (χ1v) is 8.50. The lowest BCUT2D eigenvalue weighted by atomic mass is 10.0. The van der Waals surface area contributed by atoms with Crippen molar-refractivity contribution in [1.82, 2.24) is 0 Å². The molecular weight excluding hydrogens is 344 g/mol. The van der Waals surface area contributed by atoms with Gasteiger partial charge in [-0.3, -0.25) is 4.79 Å². The molecule has 1 aromatic heterocycles. The maximum absolute atomic E-state index is 12.5. The standard InChI is InChI=1S/C19H13ClO3S/c20-14-9-7-13(8-10-14)12-23-19(22)16-5-2-1-4-15(16)18(21)17-6-3-11-24-17/h1-11H,12H2. The Morgan fingerprint density at radius 1 is 0.917 bits per heavy atom. The summed E-state index contributed by atoms with van der Waals surface area (Å²) in [5.74, 6) is -0.700. The van der Waals surface area contributed by atoms with E-state index < -0.39 is 5.97 Å². The third-order valence-electron chi connectivity index (χ3n) is 3.42. The van der Waals surface area contributed by atoms with E-state index in [1.54, 1.807) is 60.7 Å². The molecule has 0 saturated carbocycles. The van der Waals surface area contributed by atoms with Crippen molar-refractivity contribution < 1.29 is 14.3 Å². The minimum atomic E-state index is -0.523. The van der Waals surface area contributed by atoms with Gasteiger partial charge in [0, 0.05) is 10.6 Å². The second-order valence-electron chi connectivity index (χ2n) is 5.05. The van der Waals surface area contributed by atoms with Gasteiger partial charge in [-0.2, -0.15) is 0 Å². The van der Waals surface area contributed by atoms with Crippen LogP contribution in [0.2, 0.25) is 5.02 Å². The van der Waals surface area contributed by atoms with Gasteiger partial charge in [-0.15, -0.1) is 11.3 Å². The zero-order valence-corrected chi connectivity index (χ0v) is 14.1. The molecule has 0 unspecified atom stereocenters. The topological polar surface area (TPSA) is 43.4 Å². The fourth-order valence-electron chi connectivity index (χ4n) is 2.21. The normalized spacial score (nSPS) is 10.4. The van der Waals surface area contributed by atoms with Gasteiger partial charge in [-0.05, 0) is 35.2 Å².